The average Bonchev–Trinajstić information content (AvgIpc) is 2.95. The minimum atomic E-state index is -3.77. The summed E-state index contributed by atoms with van der Waals surface area (Å²) in [6.45, 7) is 3.69. The van der Waals surface area contributed by atoms with Crippen molar-refractivity contribution in [1.82, 2.24) is 9.71 Å². The van der Waals surface area contributed by atoms with Gasteiger partial charge < -0.3 is 0 Å². The maximum atomic E-state index is 11.8. The first-order chi connectivity index (χ1) is 7.90. The van der Waals surface area contributed by atoms with Crippen LogP contribution in [-0.2, 0) is 14.8 Å². The number of carbonyl (C=O) groups excluding carboxylic acids is 1. The predicted octanol–water partition coefficient (Wildman–Crippen LogP) is 0.851. The number of amides is 1. The van der Waals surface area contributed by atoms with Crippen LogP contribution >= 0.6 is 0 Å². The van der Waals surface area contributed by atoms with Gasteiger partial charge in [-0.3, -0.25) is 9.78 Å². The summed E-state index contributed by atoms with van der Waals surface area (Å²) in [7, 11) is -3.77. The summed E-state index contributed by atoms with van der Waals surface area (Å²) < 4.78 is 25.7. The molecule has 1 heterocycles. The van der Waals surface area contributed by atoms with Crippen molar-refractivity contribution in [2.75, 3.05) is 0 Å². The third kappa shape index (κ3) is 2.63. The lowest BCUT2D eigenvalue weighted by molar-refractivity contribution is -0.120. The average molecular weight is 254 g/mol. The van der Waals surface area contributed by atoms with Crippen molar-refractivity contribution >= 4 is 15.9 Å². The van der Waals surface area contributed by atoms with Crippen molar-refractivity contribution in [3.63, 3.8) is 0 Å². The minimum absolute atomic E-state index is 0.0183. The quantitative estimate of drug-likeness (QED) is 0.867. The Kier molecular flexibility index (Phi) is 2.91. The zero-order chi connectivity index (χ0) is 12.6. The molecule has 2 atom stereocenters. The van der Waals surface area contributed by atoms with Crippen molar-refractivity contribution in [3.8, 4) is 0 Å². The molecule has 1 aromatic rings. The van der Waals surface area contributed by atoms with E-state index < -0.39 is 15.9 Å². The normalized spacial score (nSPS) is 23.2. The van der Waals surface area contributed by atoms with Gasteiger partial charge in [-0.2, -0.15) is 0 Å². The summed E-state index contributed by atoms with van der Waals surface area (Å²) in [4.78, 5) is 15.5. The van der Waals surface area contributed by atoms with Crippen LogP contribution in [0.2, 0.25) is 0 Å². The molecule has 0 aromatic carbocycles. The molecule has 0 unspecified atom stereocenters. The van der Waals surface area contributed by atoms with E-state index in [2.05, 4.69) is 9.71 Å². The Bertz CT molecular complexity index is 536. The van der Waals surface area contributed by atoms with Gasteiger partial charge in [-0.05, 0) is 31.4 Å². The molecule has 2 rings (SSSR count). The second kappa shape index (κ2) is 4.10. The van der Waals surface area contributed by atoms with Gasteiger partial charge in [-0.15, -0.1) is 0 Å². The first-order valence-corrected chi connectivity index (χ1v) is 6.88. The second-order valence-corrected chi connectivity index (χ2v) is 6.11. The van der Waals surface area contributed by atoms with Gasteiger partial charge in [0.05, 0.1) is 0 Å². The van der Waals surface area contributed by atoms with E-state index in [1.54, 1.807) is 13.0 Å². The van der Waals surface area contributed by atoms with E-state index in [-0.39, 0.29) is 16.7 Å². The zero-order valence-electron chi connectivity index (χ0n) is 9.67. The molecular formula is C11H14N2O3S. The Balaban J connectivity index is 2.13. The van der Waals surface area contributed by atoms with Crippen LogP contribution in [0.4, 0.5) is 0 Å². The molecule has 0 bridgehead atoms. The number of carbonyl (C=O) groups is 1. The summed E-state index contributed by atoms with van der Waals surface area (Å²) in [5, 5.41) is 0. The molecular weight excluding hydrogens is 240 g/mol. The lowest BCUT2D eigenvalue weighted by Crippen LogP contribution is -2.32. The summed E-state index contributed by atoms with van der Waals surface area (Å²) in [5.41, 5.74) is 0.728. The number of sulfonamides is 1. The van der Waals surface area contributed by atoms with E-state index in [0.717, 1.165) is 12.1 Å². The Morgan fingerprint density at radius 1 is 1.47 bits per heavy atom. The van der Waals surface area contributed by atoms with Crippen LogP contribution in [-0.4, -0.2) is 19.3 Å². The molecule has 92 valence electrons. The van der Waals surface area contributed by atoms with Crippen molar-refractivity contribution in [2.24, 2.45) is 11.8 Å². The van der Waals surface area contributed by atoms with Gasteiger partial charge in [-0.25, -0.2) is 13.1 Å². The Morgan fingerprint density at radius 2 is 2.12 bits per heavy atom. The van der Waals surface area contributed by atoms with E-state index in [1.807, 2.05) is 6.92 Å². The number of aryl methyl sites for hydroxylation is 1. The van der Waals surface area contributed by atoms with Gasteiger partial charge in [-0.1, -0.05) is 6.92 Å². The maximum Gasteiger partial charge on any atom is 0.265 e. The number of hydrogen-bond acceptors (Lipinski definition) is 4. The zero-order valence-corrected chi connectivity index (χ0v) is 10.5. The molecule has 6 heteroatoms. The molecule has 1 N–H and O–H groups in total. The maximum absolute atomic E-state index is 11.8. The molecule has 5 nitrogen and oxygen atoms in total. The molecule has 0 spiro atoms. The van der Waals surface area contributed by atoms with Crippen LogP contribution in [0.15, 0.2) is 23.2 Å². The molecule has 1 saturated carbocycles. The first kappa shape index (κ1) is 12.0. The number of pyridine rings is 1. The van der Waals surface area contributed by atoms with Crippen LogP contribution in [0.25, 0.3) is 0 Å². The highest BCUT2D eigenvalue weighted by atomic mass is 32.2. The molecule has 1 aromatic heterocycles. The van der Waals surface area contributed by atoms with Crippen molar-refractivity contribution in [2.45, 2.75) is 25.2 Å². The van der Waals surface area contributed by atoms with Gasteiger partial charge in [0.2, 0.25) is 5.91 Å². The lowest BCUT2D eigenvalue weighted by Gasteiger charge is -2.06. The first-order valence-electron chi connectivity index (χ1n) is 5.39. The largest absolute Gasteiger partial charge is 0.274 e. The van der Waals surface area contributed by atoms with Gasteiger partial charge in [0.15, 0.2) is 0 Å². The van der Waals surface area contributed by atoms with Gasteiger partial charge in [0.25, 0.3) is 10.0 Å². The topological polar surface area (TPSA) is 76.1 Å². The number of nitrogens with one attached hydrogen (secondary N) is 1. The van der Waals surface area contributed by atoms with Crippen LogP contribution in [0, 0.1) is 18.8 Å². The number of aromatic nitrogens is 1. The second-order valence-electron chi connectivity index (χ2n) is 4.42. The molecule has 1 aliphatic rings. The summed E-state index contributed by atoms with van der Waals surface area (Å²) >= 11 is 0. The molecule has 1 amide bonds. The van der Waals surface area contributed by atoms with E-state index in [4.69, 9.17) is 0 Å². The fourth-order valence-electron chi connectivity index (χ4n) is 1.57. The lowest BCUT2D eigenvalue weighted by atomic mass is 10.3. The van der Waals surface area contributed by atoms with Crippen molar-refractivity contribution < 1.29 is 13.2 Å². The minimum Gasteiger partial charge on any atom is -0.274 e. The summed E-state index contributed by atoms with van der Waals surface area (Å²) in [5.74, 6) is -0.303. The Morgan fingerprint density at radius 3 is 2.59 bits per heavy atom. The number of nitrogens with zero attached hydrogens (tertiary/aromatic N) is 1. The fourth-order valence-corrected chi connectivity index (χ4v) is 2.54. The molecule has 0 aliphatic heterocycles. The monoisotopic (exact) mass is 254 g/mol. The Labute approximate surface area is 100 Å². The smallest absolute Gasteiger partial charge is 0.265 e. The number of rotatable bonds is 3. The van der Waals surface area contributed by atoms with Crippen LogP contribution in [0.3, 0.4) is 0 Å². The van der Waals surface area contributed by atoms with E-state index in [9.17, 15) is 13.2 Å². The molecule has 1 aliphatic carbocycles. The SMILES string of the molecule is Cc1ccc(S(=O)(=O)NC(=O)[C@@H]2C[C@@H]2C)cn1. The highest BCUT2D eigenvalue weighted by Crippen LogP contribution is 2.37. The summed E-state index contributed by atoms with van der Waals surface area (Å²) in [6.07, 6.45) is 2.01. The number of hydrogen-bond donors (Lipinski definition) is 1. The molecule has 0 radical (unpaired) electrons. The predicted molar refractivity (Wildman–Crippen MR) is 61.6 cm³/mol. The van der Waals surface area contributed by atoms with Crippen LogP contribution < -0.4 is 4.72 Å². The fraction of sp³-hybridized carbons (Fsp3) is 0.455. The van der Waals surface area contributed by atoms with Gasteiger partial charge >= 0.3 is 0 Å². The molecule has 1 fully saturated rings. The Hall–Kier alpha value is -1.43. The third-order valence-electron chi connectivity index (χ3n) is 2.88. The van der Waals surface area contributed by atoms with Crippen molar-refractivity contribution in [1.29, 1.82) is 0 Å². The highest BCUT2D eigenvalue weighted by Gasteiger charge is 2.40. The highest BCUT2D eigenvalue weighted by molar-refractivity contribution is 7.90. The molecule has 0 saturated heterocycles. The van der Waals surface area contributed by atoms with E-state index in [0.29, 0.717) is 0 Å². The summed E-state index contributed by atoms with van der Waals surface area (Å²) in [6, 6.07) is 3.03. The van der Waals surface area contributed by atoms with Gasteiger partial charge in [0.1, 0.15) is 4.90 Å². The van der Waals surface area contributed by atoms with Crippen LogP contribution in [0.1, 0.15) is 19.0 Å². The molecule has 17 heavy (non-hydrogen) atoms. The van der Waals surface area contributed by atoms with Gasteiger partial charge in [0, 0.05) is 17.8 Å². The third-order valence-corrected chi connectivity index (χ3v) is 4.21. The standard InChI is InChI=1S/C11H14N2O3S/c1-7-5-10(7)11(14)13-17(15,16)9-4-3-8(2)12-6-9/h3-4,6-7,10H,5H2,1-2H3,(H,13,14)/t7-,10+/m0/s1. The van der Waals surface area contributed by atoms with E-state index in [1.165, 1.54) is 12.3 Å². The van der Waals surface area contributed by atoms with E-state index >= 15 is 0 Å². The van der Waals surface area contributed by atoms with Crippen molar-refractivity contribution in [3.05, 3.63) is 24.0 Å². The van der Waals surface area contributed by atoms with Crippen LogP contribution in [0.5, 0.6) is 0 Å².